The molecule has 0 aliphatic rings. The van der Waals surface area contributed by atoms with Gasteiger partial charge in [-0.05, 0) is 32.0 Å². The van der Waals surface area contributed by atoms with Crippen molar-refractivity contribution in [3.63, 3.8) is 0 Å². The third-order valence-corrected chi connectivity index (χ3v) is 3.61. The summed E-state index contributed by atoms with van der Waals surface area (Å²) < 4.78 is 5.58. The predicted octanol–water partition coefficient (Wildman–Crippen LogP) is 2.75. The molecule has 0 unspecified atom stereocenters. The van der Waals surface area contributed by atoms with Gasteiger partial charge in [0.15, 0.2) is 0 Å². The number of anilines is 1. The Balaban J connectivity index is 1.77. The number of carbonyl (C=O) groups excluding carboxylic acids is 1. The Kier molecular flexibility index (Phi) is 4.67. The number of nitrogens with one attached hydrogen (secondary N) is 2. The van der Waals surface area contributed by atoms with Crippen molar-refractivity contribution in [3.05, 3.63) is 48.3 Å². The van der Waals surface area contributed by atoms with Crippen LogP contribution in [0.1, 0.15) is 30.6 Å². The van der Waals surface area contributed by atoms with Gasteiger partial charge in [-0.3, -0.25) is 4.79 Å². The first-order valence-electron chi connectivity index (χ1n) is 7.98. The molecule has 0 aromatic carbocycles. The molecule has 3 heterocycles. The van der Waals surface area contributed by atoms with Crippen LogP contribution in [0, 0.1) is 0 Å². The molecule has 3 rings (SSSR count). The smallest absolute Gasteiger partial charge is 0.260 e. The highest BCUT2D eigenvalue weighted by atomic mass is 16.5. The van der Waals surface area contributed by atoms with Gasteiger partial charge in [0.05, 0.1) is 23.3 Å². The second kappa shape index (κ2) is 6.90. The number of fused-ring (bicyclic) bond motifs is 1. The number of nitrogens with zero attached hydrogens (tertiary/aromatic N) is 2. The molecule has 1 amide bonds. The lowest BCUT2D eigenvalue weighted by atomic mass is 10.1. The van der Waals surface area contributed by atoms with Gasteiger partial charge in [-0.25, -0.2) is 9.97 Å². The fraction of sp³-hybridized carbons (Fsp3) is 0.278. The molecule has 3 N–H and O–H groups in total. The molecule has 0 aliphatic heterocycles. The molecule has 7 heteroatoms. The minimum Gasteiger partial charge on any atom is -0.478 e. The summed E-state index contributed by atoms with van der Waals surface area (Å²) in [6, 6.07) is 8.82. The van der Waals surface area contributed by atoms with Crippen LogP contribution < -0.4 is 10.1 Å². The van der Waals surface area contributed by atoms with Crippen molar-refractivity contribution in [1.82, 2.24) is 15.0 Å². The number of ether oxygens (including phenoxy) is 1. The summed E-state index contributed by atoms with van der Waals surface area (Å²) in [6.07, 6.45) is 3.70. The van der Waals surface area contributed by atoms with E-state index in [1.807, 2.05) is 0 Å². The van der Waals surface area contributed by atoms with Gasteiger partial charge in [0.2, 0.25) is 5.88 Å². The van der Waals surface area contributed by atoms with E-state index in [1.165, 1.54) is 0 Å². The van der Waals surface area contributed by atoms with Crippen LogP contribution in [0.3, 0.4) is 0 Å². The highest BCUT2D eigenvalue weighted by molar-refractivity contribution is 6.11. The van der Waals surface area contributed by atoms with E-state index in [-0.39, 0.29) is 5.91 Å². The molecule has 0 spiro atoms. The fourth-order valence-electron chi connectivity index (χ4n) is 2.26. The van der Waals surface area contributed by atoms with Crippen LogP contribution in [0.15, 0.2) is 42.7 Å². The zero-order valence-corrected chi connectivity index (χ0v) is 14.1. The van der Waals surface area contributed by atoms with Crippen molar-refractivity contribution in [3.8, 4) is 5.88 Å². The van der Waals surface area contributed by atoms with Crippen LogP contribution in [0.4, 0.5) is 5.82 Å². The summed E-state index contributed by atoms with van der Waals surface area (Å²) in [7, 11) is 0. The third kappa shape index (κ3) is 4.33. The van der Waals surface area contributed by atoms with Crippen molar-refractivity contribution in [2.45, 2.75) is 25.9 Å². The third-order valence-electron chi connectivity index (χ3n) is 3.61. The van der Waals surface area contributed by atoms with Crippen LogP contribution in [-0.4, -0.2) is 38.2 Å². The largest absolute Gasteiger partial charge is 0.478 e. The Hall–Kier alpha value is -2.93. The molecule has 0 fully saturated rings. The number of pyridine rings is 2. The molecular formula is C18H20N4O3. The highest BCUT2D eigenvalue weighted by Gasteiger charge is 2.16. The Morgan fingerprint density at radius 2 is 2.16 bits per heavy atom. The fourth-order valence-corrected chi connectivity index (χ4v) is 2.26. The van der Waals surface area contributed by atoms with E-state index in [4.69, 9.17) is 4.74 Å². The van der Waals surface area contributed by atoms with E-state index in [0.717, 1.165) is 5.52 Å². The summed E-state index contributed by atoms with van der Waals surface area (Å²) in [5.74, 6) is 0.578. The van der Waals surface area contributed by atoms with Gasteiger partial charge in [-0.2, -0.15) is 0 Å². The molecule has 3 aromatic rings. The van der Waals surface area contributed by atoms with Gasteiger partial charge in [-0.15, -0.1) is 0 Å². The standard InChI is InChI=1S/C18H20N4O3/c1-18(2,24)8-10-25-15-7-6-13-16(22-15)12(11-20-13)17(23)21-14-5-3-4-9-19-14/h3-7,9,11,20,24H,8,10H2,1-2H3,(H,19,21,23). The van der Waals surface area contributed by atoms with Crippen molar-refractivity contribution in [1.29, 1.82) is 0 Å². The highest BCUT2D eigenvalue weighted by Crippen LogP contribution is 2.21. The molecule has 25 heavy (non-hydrogen) atoms. The Morgan fingerprint density at radius 3 is 2.88 bits per heavy atom. The number of aromatic amines is 1. The normalized spacial score (nSPS) is 11.5. The Morgan fingerprint density at radius 1 is 1.32 bits per heavy atom. The van der Waals surface area contributed by atoms with Gasteiger partial charge in [0.1, 0.15) is 11.3 Å². The molecule has 3 aromatic heterocycles. The Labute approximate surface area is 145 Å². The van der Waals surface area contributed by atoms with E-state index in [1.54, 1.807) is 56.6 Å². The van der Waals surface area contributed by atoms with Crippen LogP contribution >= 0.6 is 0 Å². The zero-order valence-electron chi connectivity index (χ0n) is 14.1. The number of amides is 1. The van der Waals surface area contributed by atoms with E-state index < -0.39 is 5.60 Å². The summed E-state index contributed by atoms with van der Waals surface area (Å²) in [5, 5.41) is 12.5. The minimum absolute atomic E-state index is 0.300. The first kappa shape index (κ1) is 16.9. The molecular weight excluding hydrogens is 320 g/mol. The SMILES string of the molecule is CC(C)(O)CCOc1ccc2[nH]cc(C(=O)Nc3ccccn3)c2n1. The lowest BCUT2D eigenvalue weighted by Crippen LogP contribution is -2.22. The molecule has 0 saturated heterocycles. The van der Waals surface area contributed by atoms with Gasteiger partial charge in [-0.1, -0.05) is 6.07 Å². The lowest BCUT2D eigenvalue weighted by Gasteiger charge is -2.16. The molecule has 0 bridgehead atoms. The molecule has 0 aliphatic carbocycles. The zero-order chi connectivity index (χ0) is 17.9. The number of hydrogen-bond acceptors (Lipinski definition) is 5. The number of H-pyrrole nitrogens is 1. The molecule has 7 nitrogen and oxygen atoms in total. The van der Waals surface area contributed by atoms with Crippen molar-refractivity contribution >= 4 is 22.8 Å². The van der Waals surface area contributed by atoms with Crippen molar-refractivity contribution < 1.29 is 14.6 Å². The van der Waals surface area contributed by atoms with Gasteiger partial charge in [0.25, 0.3) is 5.91 Å². The second-order valence-electron chi connectivity index (χ2n) is 6.33. The maximum Gasteiger partial charge on any atom is 0.260 e. The van der Waals surface area contributed by atoms with Crippen molar-refractivity contribution in [2.24, 2.45) is 0 Å². The molecule has 130 valence electrons. The molecule has 0 atom stereocenters. The van der Waals surface area contributed by atoms with E-state index in [2.05, 4.69) is 20.3 Å². The number of aromatic nitrogens is 3. The van der Waals surface area contributed by atoms with Gasteiger partial charge in [0, 0.05) is 24.9 Å². The number of aliphatic hydroxyl groups is 1. The van der Waals surface area contributed by atoms with E-state index >= 15 is 0 Å². The first-order valence-corrected chi connectivity index (χ1v) is 7.98. The number of carbonyl (C=O) groups is 1. The summed E-state index contributed by atoms with van der Waals surface area (Å²) in [4.78, 5) is 24.0. The molecule has 0 radical (unpaired) electrons. The average molecular weight is 340 g/mol. The minimum atomic E-state index is -0.800. The average Bonchev–Trinajstić information content (AvgIpc) is 2.98. The maximum atomic E-state index is 12.5. The quantitative estimate of drug-likeness (QED) is 0.641. The van der Waals surface area contributed by atoms with Crippen LogP contribution in [0.2, 0.25) is 0 Å². The predicted molar refractivity (Wildman–Crippen MR) is 94.7 cm³/mol. The summed E-state index contributed by atoms with van der Waals surface area (Å²) in [6.45, 7) is 3.78. The molecule has 0 saturated carbocycles. The van der Waals surface area contributed by atoms with E-state index in [0.29, 0.717) is 35.8 Å². The first-order chi connectivity index (χ1) is 11.9. The topological polar surface area (TPSA) is 100 Å². The Bertz CT molecular complexity index is 869. The maximum absolute atomic E-state index is 12.5. The van der Waals surface area contributed by atoms with Crippen LogP contribution in [-0.2, 0) is 0 Å². The summed E-state index contributed by atoms with van der Waals surface area (Å²) in [5.41, 5.74) is 0.870. The lowest BCUT2D eigenvalue weighted by molar-refractivity contribution is 0.0547. The van der Waals surface area contributed by atoms with Gasteiger partial charge >= 0.3 is 0 Å². The monoisotopic (exact) mass is 340 g/mol. The number of rotatable bonds is 6. The number of hydrogen-bond donors (Lipinski definition) is 3. The van der Waals surface area contributed by atoms with Crippen LogP contribution in [0.5, 0.6) is 5.88 Å². The summed E-state index contributed by atoms with van der Waals surface area (Å²) >= 11 is 0. The van der Waals surface area contributed by atoms with Crippen molar-refractivity contribution in [2.75, 3.05) is 11.9 Å². The van der Waals surface area contributed by atoms with Gasteiger partial charge < -0.3 is 20.1 Å². The van der Waals surface area contributed by atoms with Crippen LogP contribution in [0.25, 0.3) is 11.0 Å². The second-order valence-corrected chi connectivity index (χ2v) is 6.33. The van der Waals surface area contributed by atoms with E-state index in [9.17, 15) is 9.90 Å².